The van der Waals surface area contributed by atoms with Crippen molar-refractivity contribution in [1.82, 2.24) is 16.0 Å². The van der Waals surface area contributed by atoms with Crippen molar-refractivity contribution in [1.29, 1.82) is 0 Å². The van der Waals surface area contributed by atoms with Crippen molar-refractivity contribution in [2.24, 2.45) is 4.99 Å². The van der Waals surface area contributed by atoms with Gasteiger partial charge >= 0.3 is 6.18 Å². The molecule has 1 atom stereocenters. The minimum absolute atomic E-state index is 0.180. The van der Waals surface area contributed by atoms with Gasteiger partial charge in [0.2, 0.25) is 0 Å². The van der Waals surface area contributed by atoms with Crippen LogP contribution >= 0.6 is 0 Å². The smallest absolute Gasteiger partial charge is 0.376 e. The molecule has 1 saturated heterocycles. The molecule has 1 aromatic carbocycles. The van der Waals surface area contributed by atoms with Crippen LogP contribution in [0, 0.1) is 0 Å². The largest absolute Gasteiger partial charge is 0.416 e. The van der Waals surface area contributed by atoms with Crippen LogP contribution in [-0.4, -0.2) is 51.3 Å². The van der Waals surface area contributed by atoms with Gasteiger partial charge in [0, 0.05) is 38.9 Å². The summed E-state index contributed by atoms with van der Waals surface area (Å²) in [5.74, 6) is 0.173. The van der Waals surface area contributed by atoms with E-state index in [1.165, 1.54) is 0 Å². The zero-order valence-electron chi connectivity index (χ0n) is 14.5. The van der Waals surface area contributed by atoms with Gasteiger partial charge in [0.1, 0.15) is 0 Å². The molecule has 1 unspecified atom stereocenters. The molecule has 144 valence electrons. The molecule has 3 N–H and O–H groups in total. The number of amides is 1. The standard InChI is InChI=1S/C17H23F3N4O2/c1-21-16(24-11-14-3-2-10-26-14)23-9-8-22-15(25)12-4-6-13(7-5-12)17(18,19)20/h4-7,14H,2-3,8-11H2,1H3,(H,22,25)(H2,21,23,24). The predicted molar refractivity (Wildman–Crippen MR) is 92.1 cm³/mol. The zero-order chi connectivity index (χ0) is 19.0. The molecule has 6 nitrogen and oxygen atoms in total. The van der Waals surface area contributed by atoms with Crippen molar-refractivity contribution < 1.29 is 22.7 Å². The molecular formula is C17H23F3N4O2. The first-order valence-corrected chi connectivity index (χ1v) is 8.41. The first-order chi connectivity index (χ1) is 12.4. The van der Waals surface area contributed by atoms with E-state index < -0.39 is 17.6 Å². The lowest BCUT2D eigenvalue weighted by atomic mass is 10.1. The number of guanidine groups is 1. The van der Waals surface area contributed by atoms with Gasteiger partial charge in [-0.15, -0.1) is 0 Å². The number of halogens is 3. The Morgan fingerprint density at radius 3 is 2.46 bits per heavy atom. The van der Waals surface area contributed by atoms with Crippen molar-refractivity contribution >= 4 is 11.9 Å². The summed E-state index contributed by atoms with van der Waals surface area (Å²) in [5.41, 5.74) is -0.601. The number of nitrogens with zero attached hydrogens (tertiary/aromatic N) is 1. The van der Waals surface area contributed by atoms with Gasteiger partial charge in [-0.3, -0.25) is 9.79 Å². The number of nitrogens with one attached hydrogen (secondary N) is 3. The number of ether oxygens (including phenoxy) is 1. The fourth-order valence-corrected chi connectivity index (χ4v) is 2.51. The number of carbonyl (C=O) groups excluding carboxylic acids is 1. The van der Waals surface area contributed by atoms with E-state index in [-0.39, 0.29) is 11.7 Å². The van der Waals surface area contributed by atoms with Crippen LogP contribution in [0.4, 0.5) is 13.2 Å². The Hall–Kier alpha value is -2.29. The Kier molecular flexibility index (Phi) is 7.26. The molecule has 26 heavy (non-hydrogen) atoms. The molecule has 1 aliphatic rings. The monoisotopic (exact) mass is 372 g/mol. The summed E-state index contributed by atoms with van der Waals surface area (Å²) in [7, 11) is 1.64. The normalized spacial score (nSPS) is 17.8. The topological polar surface area (TPSA) is 74.8 Å². The van der Waals surface area contributed by atoms with Gasteiger partial charge in [-0.05, 0) is 37.1 Å². The molecule has 1 heterocycles. The number of hydrogen-bond acceptors (Lipinski definition) is 3. The summed E-state index contributed by atoms with van der Waals surface area (Å²) < 4.78 is 43.0. The molecular weight excluding hydrogens is 349 g/mol. The van der Waals surface area contributed by atoms with Crippen LogP contribution in [0.1, 0.15) is 28.8 Å². The van der Waals surface area contributed by atoms with Crippen LogP contribution in [0.15, 0.2) is 29.3 Å². The highest BCUT2D eigenvalue weighted by Crippen LogP contribution is 2.29. The number of alkyl halides is 3. The van der Waals surface area contributed by atoms with Crippen molar-refractivity contribution in [2.75, 3.05) is 33.3 Å². The van der Waals surface area contributed by atoms with Gasteiger partial charge in [-0.2, -0.15) is 13.2 Å². The molecule has 1 aliphatic heterocycles. The van der Waals surface area contributed by atoms with Gasteiger partial charge in [0.05, 0.1) is 11.7 Å². The number of carbonyl (C=O) groups is 1. The van der Waals surface area contributed by atoms with E-state index in [9.17, 15) is 18.0 Å². The molecule has 0 aromatic heterocycles. The number of aliphatic imine (C=N–C) groups is 1. The fourth-order valence-electron chi connectivity index (χ4n) is 2.51. The molecule has 1 aromatic rings. The zero-order valence-corrected chi connectivity index (χ0v) is 14.5. The Bertz CT molecular complexity index is 611. The van der Waals surface area contributed by atoms with Crippen LogP contribution in [0.3, 0.4) is 0 Å². The predicted octanol–water partition coefficient (Wildman–Crippen LogP) is 1.78. The minimum atomic E-state index is -4.41. The molecule has 1 amide bonds. The Morgan fingerprint density at radius 2 is 1.88 bits per heavy atom. The van der Waals surface area contributed by atoms with Gasteiger partial charge < -0.3 is 20.7 Å². The van der Waals surface area contributed by atoms with Crippen LogP contribution in [0.5, 0.6) is 0 Å². The third-order valence-corrected chi connectivity index (χ3v) is 3.92. The third-order valence-electron chi connectivity index (χ3n) is 3.92. The van der Waals surface area contributed by atoms with E-state index in [2.05, 4.69) is 20.9 Å². The third kappa shape index (κ3) is 6.21. The Balaban J connectivity index is 1.68. The highest BCUT2D eigenvalue weighted by atomic mass is 19.4. The van der Waals surface area contributed by atoms with E-state index in [1.54, 1.807) is 7.05 Å². The average molecular weight is 372 g/mol. The number of benzene rings is 1. The average Bonchev–Trinajstić information content (AvgIpc) is 3.14. The summed E-state index contributed by atoms with van der Waals surface area (Å²) in [6.07, 6.45) is -2.14. The maximum Gasteiger partial charge on any atom is 0.416 e. The van der Waals surface area contributed by atoms with Crippen molar-refractivity contribution in [3.05, 3.63) is 35.4 Å². The Morgan fingerprint density at radius 1 is 1.19 bits per heavy atom. The molecule has 0 saturated carbocycles. The second-order valence-corrected chi connectivity index (χ2v) is 5.85. The minimum Gasteiger partial charge on any atom is -0.376 e. The lowest BCUT2D eigenvalue weighted by molar-refractivity contribution is -0.137. The summed E-state index contributed by atoms with van der Waals surface area (Å²) >= 11 is 0. The van der Waals surface area contributed by atoms with E-state index >= 15 is 0 Å². The highest BCUT2D eigenvalue weighted by molar-refractivity contribution is 5.94. The van der Waals surface area contributed by atoms with Gasteiger partial charge in [0.25, 0.3) is 5.91 Å². The molecule has 0 radical (unpaired) electrons. The van der Waals surface area contributed by atoms with E-state index in [4.69, 9.17) is 4.74 Å². The maximum atomic E-state index is 12.5. The highest BCUT2D eigenvalue weighted by Gasteiger charge is 2.30. The van der Waals surface area contributed by atoms with Gasteiger partial charge in [-0.25, -0.2) is 0 Å². The molecule has 0 spiro atoms. The molecule has 9 heteroatoms. The van der Waals surface area contributed by atoms with Crippen molar-refractivity contribution in [3.8, 4) is 0 Å². The Labute approximate surface area is 150 Å². The van der Waals surface area contributed by atoms with Gasteiger partial charge in [-0.1, -0.05) is 0 Å². The van der Waals surface area contributed by atoms with E-state index in [0.717, 1.165) is 43.7 Å². The maximum absolute atomic E-state index is 12.5. The molecule has 2 rings (SSSR count). The van der Waals surface area contributed by atoms with Crippen molar-refractivity contribution in [2.45, 2.75) is 25.1 Å². The van der Waals surface area contributed by atoms with Crippen LogP contribution in [-0.2, 0) is 10.9 Å². The summed E-state index contributed by atoms with van der Waals surface area (Å²) in [5, 5.41) is 8.84. The second kappa shape index (κ2) is 9.42. The van der Waals surface area contributed by atoms with Crippen LogP contribution in [0.25, 0.3) is 0 Å². The summed E-state index contributed by atoms with van der Waals surface area (Å²) in [4.78, 5) is 16.0. The van der Waals surface area contributed by atoms with E-state index in [1.807, 2.05) is 0 Å². The summed E-state index contributed by atoms with van der Waals surface area (Å²) in [6.45, 7) is 2.18. The van der Waals surface area contributed by atoms with Gasteiger partial charge in [0.15, 0.2) is 5.96 Å². The van der Waals surface area contributed by atoms with Crippen LogP contribution < -0.4 is 16.0 Å². The molecule has 0 aliphatic carbocycles. The summed E-state index contributed by atoms with van der Waals surface area (Å²) in [6, 6.07) is 4.11. The second-order valence-electron chi connectivity index (χ2n) is 5.85. The first kappa shape index (κ1) is 20.0. The number of hydrogen-bond donors (Lipinski definition) is 3. The van der Waals surface area contributed by atoms with Crippen LogP contribution in [0.2, 0.25) is 0 Å². The lowest BCUT2D eigenvalue weighted by Crippen LogP contribution is -2.43. The lowest BCUT2D eigenvalue weighted by Gasteiger charge is -2.15. The fraction of sp³-hybridized carbons (Fsp3) is 0.529. The van der Waals surface area contributed by atoms with E-state index in [0.29, 0.717) is 25.6 Å². The molecule has 0 bridgehead atoms. The molecule has 1 fully saturated rings. The SMILES string of the molecule is CN=C(NCCNC(=O)c1ccc(C(F)(F)F)cc1)NCC1CCCO1. The number of rotatable bonds is 6. The van der Waals surface area contributed by atoms with Crippen molar-refractivity contribution in [3.63, 3.8) is 0 Å². The first-order valence-electron chi connectivity index (χ1n) is 8.41. The quantitative estimate of drug-likeness (QED) is 0.404.